The molecule has 2 aliphatic rings. The summed E-state index contributed by atoms with van der Waals surface area (Å²) >= 11 is 2.04. The van der Waals surface area contributed by atoms with Gasteiger partial charge in [0.25, 0.3) is 0 Å². The van der Waals surface area contributed by atoms with E-state index in [0.717, 1.165) is 36.8 Å². The molecule has 1 N–H and O–H groups in total. The van der Waals surface area contributed by atoms with Crippen molar-refractivity contribution in [3.05, 3.63) is 12.2 Å². The van der Waals surface area contributed by atoms with Gasteiger partial charge in [-0.25, -0.2) is 13.4 Å². The van der Waals surface area contributed by atoms with Gasteiger partial charge in [0.05, 0.1) is 18.1 Å². The van der Waals surface area contributed by atoms with Crippen molar-refractivity contribution in [1.82, 2.24) is 10.2 Å². The van der Waals surface area contributed by atoms with Gasteiger partial charge in [0.2, 0.25) is 0 Å². The standard InChI is InChI=1S/C17H31N3O2S2.HI/c1-13(2)9-18-17(19-10-15-5-8-24(21,22)12-15)20-6-7-23-16(11-20)14(3)4;/h14-16H,1,5-12H2,2-4H3,(H,18,19);1H. The van der Waals surface area contributed by atoms with Gasteiger partial charge in [0, 0.05) is 30.6 Å². The molecule has 0 aromatic rings. The smallest absolute Gasteiger partial charge is 0.194 e. The molecule has 5 nitrogen and oxygen atoms in total. The van der Waals surface area contributed by atoms with E-state index < -0.39 is 9.84 Å². The minimum absolute atomic E-state index is 0. The van der Waals surface area contributed by atoms with E-state index >= 15 is 0 Å². The number of hydrogen-bond donors (Lipinski definition) is 1. The molecule has 2 aliphatic heterocycles. The molecular weight excluding hydrogens is 469 g/mol. The lowest BCUT2D eigenvalue weighted by molar-refractivity contribution is 0.377. The van der Waals surface area contributed by atoms with Crippen LogP contribution in [0.4, 0.5) is 0 Å². The summed E-state index contributed by atoms with van der Waals surface area (Å²) in [5, 5.41) is 4.06. The Labute approximate surface area is 174 Å². The maximum atomic E-state index is 11.6. The molecule has 2 fully saturated rings. The first-order valence-electron chi connectivity index (χ1n) is 8.76. The monoisotopic (exact) mass is 501 g/mol. The predicted molar refractivity (Wildman–Crippen MR) is 120 cm³/mol. The fourth-order valence-corrected chi connectivity index (χ4v) is 6.18. The molecule has 146 valence electrons. The van der Waals surface area contributed by atoms with E-state index in [1.807, 2.05) is 18.7 Å². The van der Waals surface area contributed by atoms with Crippen molar-refractivity contribution < 1.29 is 8.42 Å². The zero-order valence-electron chi connectivity index (χ0n) is 15.5. The molecule has 0 aromatic heterocycles. The van der Waals surface area contributed by atoms with Crippen LogP contribution in [0.2, 0.25) is 0 Å². The van der Waals surface area contributed by atoms with Crippen LogP contribution < -0.4 is 5.32 Å². The van der Waals surface area contributed by atoms with Crippen LogP contribution in [0, 0.1) is 11.8 Å². The lowest BCUT2D eigenvalue weighted by Crippen LogP contribution is -2.50. The normalized spacial score (nSPS) is 26.4. The van der Waals surface area contributed by atoms with Crippen molar-refractivity contribution in [1.29, 1.82) is 0 Å². The topological polar surface area (TPSA) is 61.8 Å². The van der Waals surface area contributed by atoms with E-state index in [0.29, 0.717) is 35.8 Å². The van der Waals surface area contributed by atoms with Gasteiger partial charge in [-0.05, 0) is 25.2 Å². The molecule has 0 bridgehead atoms. The van der Waals surface area contributed by atoms with Crippen molar-refractivity contribution in [2.24, 2.45) is 16.8 Å². The van der Waals surface area contributed by atoms with E-state index in [-0.39, 0.29) is 29.9 Å². The third kappa shape index (κ3) is 7.66. The zero-order chi connectivity index (χ0) is 17.7. The average molecular weight is 502 g/mol. The van der Waals surface area contributed by atoms with Crippen molar-refractivity contribution in [2.75, 3.05) is 43.4 Å². The molecule has 0 radical (unpaired) electrons. The van der Waals surface area contributed by atoms with Gasteiger partial charge in [-0.1, -0.05) is 26.0 Å². The molecule has 2 saturated heterocycles. The summed E-state index contributed by atoms with van der Waals surface area (Å²) in [6.07, 6.45) is 0.758. The number of nitrogens with one attached hydrogen (secondary N) is 1. The highest BCUT2D eigenvalue weighted by atomic mass is 127. The summed E-state index contributed by atoms with van der Waals surface area (Å²) in [6, 6.07) is 0. The Morgan fingerprint density at radius 3 is 2.72 bits per heavy atom. The van der Waals surface area contributed by atoms with Crippen LogP contribution in [-0.2, 0) is 9.84 Å². The maximum absolute atomic E-state index is 11.6. The van der Waals surface area contributed by atoms with Crippen molar-refractivity contribution in [3.63, 3.8) is 0 Å². The van der Waals surface area contributed by atoms with E-state index in [1.165, 1.54) is 0 Å². The first-order valence-corrected chi connectivity index (χ1v) is 11.6. The van der Waals surface area contributed by atoms with Crippen LogP contribution in [0.15, 0.2) is 17.1 Å². The SMILES string of the molecule is C=C(C)CN=C(NCC1CCS(=O)(=O)C1)N1CCSC(C(C)C)C1.I. The quantitative estimate of drug-likeness (QED) is 0.272. The molecule has 0 spiro atoms. The third-order valence-electron chi connectivity index (χ3n) is 4.51. The molecule has 2 unspecified atom stereocenters. The molecule has 2 rings (SSSR count). The lowest BCUT2D eigenvalue weighted by Gasteiger charge is -2.36. The Balaban J connectivity index is 0.00000312. The second-order valence-corrected chi connectivity index (χ2v) is 10.9. The van der Waals surface area contributed by atoms with E-state index in [4.69, 9.17) is 4.99 Å². The van der Waals surface area contributed by atoms with Crippen LogP contribution >= 0.6 is 35.7 Å². The minimum atomic E-state index is -2.82. The van der Waals surface area contributed by atoms with Gasteiger partial charge in [-0.2, -0.15) is 11.8 Å². The molecular formula is C17H32IN3O2S2. The Kier molecular flexibility index (Phi) is 9.60. The van der Waals surface area contributed by atoms with Gasteiger partial charge in [-0.15, -0.1) is 24.0 Å². The number of halogens is 1. The Bertz CT molecular complexity index is 578. The van der Waals surface area contributed by atoms with Crippen LogP contribution in [0.3, 0.4) is 0 Å². The van der Waals surface area contributed by atoms with Gasteiger partial charge in [0.1, 0.15) is 0 Å². The summed E-state index contributed by atoms with van der Waals surface area (Å²) in [7, 11) is -2.82. The first kappa shape index (κ1) is 23.1. The fraction of sp³-hybridized carbons (Fsp3) is 0.824. The zero-order valence-corrected chi connectivity index (χ0v) is 19.5. The van der Waals surface area contributed by atoms with Gasteiger partial charge >= 0.3 is 0 Å². The van der Waals surface area contributed by atoms with E-state index in [1.54, 1.807) is 0 Å². The van der Waals surface area contributed by atoms with E-state index in [9.17, 15) is 8.42 Å². The number of nitrogens with zero attached hydrogens (tertiary/aromatic N) is 2. The van der Waals surface area contributed by atoms with Crippen LogP contribution in [0.1, 0.15) is 27.2 Å². The minimum Gasteiger partial charge on any atom is -0.356 e. The molecule has 0 aromatic carbocycles. The van der Waals surface area contributed by atoms with Crippen molar-refractivity contribution in [3.8, 4) is 0 Å². The summed E-state index contributed by atoms with van der Waals surface area (Å²) in [5.74, 6) is 3.48. The largest absolute Gasteiger partial charge is 0.356 e. The summed E-state index contributed by atoms with van der Waals surface area (Å²) in [6.45, 7) is 13.7. The fourth-order valence-electron chi connectivity index (χ4n) is 3.02. The summed E-state index contributed by atoms with van der Waals surface area (Å²) in [5.41, 5.74) is 1.03. The Morgan fingerprint density at radius 1 is 1.44 bits per heavy atom. The predicted octanol–water partition coefficient (Wildman–Crippen LogP) is 2.63. The van der Waals surface area contributed by atoms with Gasteiger partial charge < -0.3 is 10.2 Å². The number of thioether (sulfide) groups is 1. The summed E-state index contributed by atoms with van der Waals surface area (Å²) < 4.78 is 23.3. The van der Waals surface area contributed by atoms with Crippen LogP contribution in [-0.4, -0.2) is 68.0 Å². The number of guanidine groups is 1. The number of aliphatic imine (C=N–C) groups is 1. The van der Waals surface area contributed by atoms with Gasteiger partial charge in [0.15, 0.2) is 15.8 Å². The molecule has 25 heavy (non-hydrogen) atoms. The molecule has 2 heterocycles. The molecule has 0 amide bonds. The lowest BCUT2D eigenvalue weighted by atomic mass is 10.1. The highest BCUT2D eigenvalue weighted by molar-refractivity contribution is 14.0. The second kappa shape index (κ2) is 10.4. The average Bonchev–Trinajstić information content (AvgIpc) is 2.86. The molecule has 8 heteroatoms. The highest BCUT2D eigenvalue weighted by Gasteiger charge is 2.29. The maximum Gasteiger partial charge on any atom is 0.194 e. The van der Waals surface area contributed by atoms with Gasteiger partial charge in [-0.3, -0.25) is 0 Å². The Morgan fingerprint density at radius 2 is 2.16 bits per heavy atom. The van der Waals surface area contributed by atoms with Crippen LogP contribution in [0.25, 0.3) is 0 Å². The molecule has 2 atom stereocenters. The first-order chi connectivity index (χ1) is 11.3. The van der Waals surface area contributed by atoms with E-state index in [2.05, 4.69) is 30.6 Å². The number of hydrogen-bond acceptors (Lipinski definition) is 4. The number of sulfone groups is 1. The molecule has 0 aliphatic carbocycles. The van der Waals surface area contributed by atoms with Crippen molar-refractivity contribution in [2.45, 2.75) is 32.4 Å². The third-order valence-corrected chi connectivity index (χ3v) is 7.89. The molecule has 0 saturated carbocycles. The van der Waals surface area contributed by atoms with Crippen LogP contribution in [0.5, 0.6) is 0 Å². The number of rotatable bonds is 5. The summed E-state index contributed by atoms with van der Waals surface area (Å²) in [4.78, 5) is 7.04. The van der Waals surface area contributed by atoms with Crippen molar-refractivity contribution >= 4 is 51.5 Å². The second-order valence-electron chi connectivity index (χ2n) is 7.35. The Hall–Kier alpha value is 0.0400. The highest BCUT2D eigenvalue weighted by Crippen LogP contribution is 2.25.